The van der Waals surface area contributed by atoms with E-state index in [2.05, 4.69) is 23.3 Å². The molecule has 1 aromatic rings. The van der Waals surface area contributed by atoms with Crippen LogP contribution in [0, 0.1) is 0 Å². The van der Waals surface area contributed by atoms with E-state index in [0.717, 1.165) is 31.7 Å². The van der Waals surface area contributed by atoms with Crippen LogP contribution in [0.2, 0.25) is 0 Å². The summed E-state index contributed by atoms with van der Waals surface area (Å²) in [4.78, 5) is 4.24. The third kappa shape index (κ3) is 5.02. The molecule has 0 amide bonds. The van der Waals surface area contributed by atoms with E-state index in [1.165, 1.54) is 5.56 Å². The van der Waals surface area contributed by atoms with Gasteiger partial charge in [-0.25, -0.2) is 0 Å². The van der Waals surface area contributed by atoms with Crippen molar-refractivity contribution < 1.29 is 9.47 Å². The van der Waals surface area contributed by atoms with Gasteiger partial charge < -0.3 is 14.8 Å². The normalized spacial score (nSPS) is 12.4. The first-order chi connectivity index (χ1) is 8.81. The summed E-state index contributed by atoms with van der Waals surface area (Å²) in [6.07, 6.45) is 5.74. The highest BCUT2D eigenvalue weighted by Crippen LogP contribution is 2.21. The molecule has 0 saturated heterocycles. The maximum atomic E-state index is 5.49. The topological polar surface area (TPSA) is 43.4 Å². The van der Waals surface area contributed by atoms with E-state index >= 15 is 0 Å². The second-order valence-corrected chi connectivity index (χ2v) is 4.13. The number of hydrogen-bond acceptors (Lipinski definition) is 4. The standard InChI is InChI=1S/C14H24N2O2/c1-4-16-14(7-6-8-17-3)12-9-13(18-5-2)11-15-10-12/h9-11,14,16H,4-8H2,1-3H3. The zero-order valence-corrected chi connectivity index (χ0v) is 11.6. The molecule has 0 radical (unpaired) electrons. The van der Waals surface area contributed by atoms with Crippen molar-refractivity contribution in [1.82, 2.24) is 10.3 Å². The summed E-state index contributed by atoms with van der Waals surface area (Å²) >= 11 is 0. The van der Waals surface area contributed by atoms with E-state index in [0.29, 0.717) is 12.6 Å². The minimum absolute atomic E-state index is 0.318. The van der Waals surface area contributed by atoms with Gasteiger partial charge in [-0.15, -0.1) is 0 Å². The Balaban J connectivity index is 2.67. The molecule has 1 rings (SSSR count). The van der Waals surface area contributed by atoms with Gasteiger partial charge in [0.2, 0.25) is 0 Å². The average molecular weight is 252 g/mol. The van der Waals surface area contributed by atoms with Gasteiger partial charge in [-0.2, -0.15) is 0 Å². The smallest absolute Gasteiger partial charge is 0.137 e. The van der Waals surface area contributed by atoms with Gasteiger partial charge in [0.15, 0.2) is 0 Å². The third-order valence-electron chi connectivity index (χ3n) is 2.74. The van der Waals surface area contributed by atoms with Gasteiger partial charge in [-0.3, -0.25) is 4.98 Å². The van der Waals surface area contributed by atoms with E-state index in [1.54, 1.807) is 13.3 Å². The van der Waals surface area contributed by atoms with E-state index in [9.17, 15) is 0 Å². The van der Waals surface area contributed by atoms with Crippen LogP contribution >= 0.6 is 0 Å². The van der Waals surface area contributed by atoms with Gasteiger partial charge in [0.05, 0.1) is 12.8 Å². The molecule has 1 N–H and O–H groups in total. The Morgan fingerprint density at radius 3 is 2.83 bits per heavy atom. The average Bonchev–Trinajstić information content (AvgIpc) is 2.39. The van der Waals surface area contributed by atoms with Crippen LogP contribution in [0.15, 0.2) is 18.5 Å². The maximum absolute atomic E-state index is 5.49. The number of ether oxygens (including phenoxy) is 2. The molecule has 0 fully saturated rings. The van der Waals surface area contributed by atoms with Crippen LogP contribution in [0.5, 0.6) is 5.75 Å². The van der Waals surface area contributed by atoms with Crippen LogP contribution in [0.1, 0.15) is 38.3 Å². The molecular weight excluding hydrogens is 228 g/mol. The Morgan fingerprint density at radius 2 is 2.17 bits per heavy atom. The predicted molar refractivity (Wildman–Crippen MR) is 72.9 cm³/mol. The Kier molecular flexibility index (Phi) is 7.37. The molecule has 1 atom stereocenters. The van der Waals surface area contributed by atoms with Crippen molar-refractivity contribution in [3.63, 3.8) is 0 Å². The van der Waals surface area contributed by atoms with E-state index < -0.39 is 0 Å². The van der Waals surface area contributed by atoms with E-state index in [1.807, 2.05) is 13.1 Å². The Bertz CT molecular complexity index is 331. The highest BCUT2D eigenvalue weighted by atomic mass is 16.5. The molecular formula is C14H24N2O2. The molecule has 4 nitrogen and oxygen atoms in total. The number of hydrogen-bond donors (Lipinski definition) is 1. The molecule has 0 aliphatic carbocycles. The molecule has 0 spiro atoms. The summed E-state index contributed by atoms with van der Waals surface area (Å²) in [6.45, 7) is 6.49. The van der Waals surface area contributed by atoms with Crippen LogP contribution in [0.25, 0.3) is 0 Å². The molecule has 0 aliphatic rings. The zero-order valence-electron chi connectivity index (χ0n) is 11.6. The van der Waals surface area contributed by atoms with Crippen LogP contribution < -0.4 is 10.1 Å². The van der Waals surface area contributed by atoms with Gasteiger partial charge in [0.1, 0.15) is 5.75 Å². The van der Waals surface area contributed by atoms with Crippen molar-refractivity contribution in [2.24, 2.45) is 0 Å². The molecule has 1 unspecified atom stereocenters. The number of pyridine rings is 1. The van der Waals surface area contributed by atoms with Crippen molar-refractivity contribution in [3.05, 3.63) is 24.0 Å². The number of nitrogens with zero attached hydrogens (tertiary/aromatic N) is 1. The summed E-state index contributed by atoms with van der Waals surface area (Å²) < 4.78 is 10.6. The zero-order chi connectivity index (χ0) is 13.2. The first-order valence-electron chi connectivity index (χ1n) is 6.61. The molecule has 1 heterocycles. The van der Waals surface area contributed by atoms with Gasteiger partial charge in [0, 0.05) is 26.0 Å². The Labute approximate surface area is 110 Å². The van der Waals surface area contributed by atoms with Crippen molar-refractivity contribution in [2.45, 2.75) is 32.7 Å². The van der Waals surface area contributed by atoms with Crippen molar-refractivity contribution in [3.8, 4) is 5.75 Å². The quantitative estimate of drug-likeness (QED) is 0.686. The van der Waals surface area contributed by atoms with Crippen LogP contribution in [0.4, 0.5) is 0 Å². The van der Waals surface area contributed by atoms with Gasteiger partial charge in [0.25, 0.3) is 0 Å². The SMILES string of the molecule is CCNC(CCCOC)c1cncc(OCC)c1. The molecule has 0 saturated carbocycles. The van der Waals surface area contributed by atoms with Gasteiger partial charge >= 0.3 is 0 Å². The number of rotatable bonds is 9. The lowest BCUT2D eigenvalue weighted by molar-refractivity contribution is 0.189. The van der Waals surface area contributed by atoms with Crippen molar-refractivity contribution >= 4 is 0 Å². The molecule has 4 heteroatoms. The second kappa shape index (κ2) is 8.89. The summed E-state index contributed by atoms with van der Waals surface area (Å²) in [5.41, 5.74) is 1.18. The summed E-state index contributed by atoms with van der Waals surface area (Å²) in [6, 6.07) is 2.38. The number of nitrogens with one attached hydrogen (secondary N) is 1. The lowest BCUT2D eigenvalue weighted by atomic mass is 10.0. The minimum atomic E-state index is 0.318. The largest absolute Gasteiger partial charge is 0.492 e. The molecule has 0 aromatic carbocycles. The third-order valence-corrected chi connectivity index (χ3v) is 2.74. The first-order valence-corrected chi connectivity index (χ1v) is 6.61. The maximum Gasteiger partial charge on any atom is 0.137 e. The summed E-state index contributed by atoms with van der Waals surface area (Å²) in [7, 11) is 1.74. The molecule has 102 valence electrons. The second-order valence-electron chi connectivity index (χ2n) is 4.13. The van der Waals surface area contributed by atoms with Gasteiger partial charge in [-0.1, -0.05) is 6.92 Å². The molecule has 1 aromatic heterocycles. The lowest BCUT2D eigenvalue weighted by Crippen LogP contribution is -2.21. The molecule has 0 bridgehead atoms. The van der Waals surface area contributed by atoms with Gasteiger partial charge in [-0.05, 0) is 37.9 Å². The van der Waals surface area contributed by atoms with E-state index in [4.69, 9.17) is 9.47 Å². The highest BCUT2D eigenvalue weighted by molar-refractivity contribution is 5.26. The van der Waals surface area contributed by atoms with Crippen molar-refractivity contribution in [1.29, 1.82) is 0 Å². The highest BCUT2D eigenvalue weighted by Gasteiger charge is 2.11. The Hall–Kier alpha value is -1.13. The number of aromatic nitrogens is 1. The van der Waals surface area contributed by atoms with Crippen LogP contribution in [-0.4, -0.2) is 31.9 Å². The fourth-order valence-electron chi connectivity index (χ4n) is 1.94. The molecule has 0 aliphatic heterocycles. The van der Waals surface area contributed by atoms with E-state index in [-0.39, 0.29) is 0 Å². The van der Waals surface area contributed by atoms with Crippen LogP contribution in [-0.2, 0) is 4.74 Å². The fourth-order valence-corrected chi connectivity index (χ4v) is 1.94. The number of methoxy groups -OCH3 is 1. The summed E-state index contributed by atoms with van der Waals surface area (Å²) in [5, 5.41) is 3.48. The first kappa shape index (κ1) is 14.9. The van der Waals surface area contributed by atoms with Crippen molar-refractivity contribution in [2.75, 3.05) is 26.9 Å². The minimum Gasteiger partial charge on any atom is -0.492 e. The van der Waals surface area contributed by atoms with Crippen LogP contribution in [0.3, 0.4) is 0 Å². The Morgan fingerprint density at radius 1 is 1.33 bits per heavy atom. The monoisotopic (exact) mass is 252 g/mol. The fraction of sp³-hybridized carbons (Fsp3) is 0.643. The predicted octanol–water partition coefficient (Wildman–Crippen LogP) is 2.56. The lowest BCUT2D eigenvalue weighted by Gasteiger charge is -2.18. The molecule has 18 heavy (non-hydrogen) atoms. The summed E-state index contributed by atoms with van der Waals surface area (Å²) in [5.74, 6) is 0.838.